The van der Waals surface area contributed by atoms with Gasteiger partial charge in [0.1, 0.15) is 17.3 Å². The maximum atomic E-state index is 13.2. The van der Waals surface area contributed by atoms with Crippen molar-refractivity contribution < 1.29 is 13.9 Å². The zero-order valence-electron chi connectivity index (χ0n) is 27.1. The minimum atomic E-state index is -0.385. The fourth-order valence-electron chi connectivity index (χ4n) is 5.40. The molecule has 6 rings (SSSR count). The number of aryl methyl sites for hydroxylation is 1. The van der Waals surface area contributed by atoms with Gasteiger partial charge in [-0.2, -0.15) is 5.10 Å². The van der Waals surface area contributed by atoms with E-state index in [1.165, 1.54) is 17.7 Å². The smallest absolute Gasteiger partial charge is 0.319 e. The van der Waals surface area contributed by atoms with Crippen LogP contribution >= 0.6 is 0 Å². The molecule has 3 aromatic heterocycles. The zero-order valence-corrected chi connectivity index (χ0v) is 27.1. The Labute approximate surface area is 278 Å². The standard InChI is InChI=1S/C37H37FN8O2/c1-45(2)20-6-8-25-7-4-10-29(21-25)41-36-39-19-18-32(43-36)34-33-17-16-31(48-3)24-46(33)44-35(34)27-9-5-11-30(22-27)42-37(47)40-23-26-12-14-28(38)15-13-26/h4-5,7,9-19,21-22,24H,6,8,20,23H2,1-3H3,(H,39,41,43)(H2,40,42,47). The molecule has 0 aliphatic heterocycles. The number of fused-ring (bicyclic) bond motifs is 1. The average molecular weight is 645 g/mol. The van der Waals surface area contributed by atoms with Crippen molar-refractivity contribution >= 4 is 28.9 Å². The molecule has 2 amide bonds. The van der Waals surface area contributed by atoms with Crippen LogP contribution in [0.1, 0.15) is 17.5 Å². The molecule has 0 saturated carbocycles. The quantitative estimate of drug-likeness (QED) is 0.130. The Bertz CT molecular complexity index is 2030. The number of nitrogens with one attached hydrogen (secondary N) is 3. The fraction of sp³-hybridized carbons (Fsp3) is 0.189. The van der Waals surface area contributed by atoms with Gasteiger partial charge in [-0.25, -0.2) is 23.7 Å². The first-order valence-electron chi connectivity index (χ1n) is 15.6. The van der Waals surface area contributed by atoms with Crippen LogP contribution in [0, 0.1) is 5.82 Å². The number of rotatable bonds is 12. The Morgan fingerprint density at radius 1 is 0.938 bits per heavy atom. The minimum absolute atomic E-state index is 0.259. The van der Waals surface area contributed by atoms with E-state index in [1.54, 1.807) is 36.0 Å². The van der Waals surface area contributed by atoms with Crippen molar-refractivity contribution in [3.05, 3.63) is 120 Å². The van der Waals surface area contributed by atoms with Crippen LogP contribution in [0.25, 0.3) is 28.0 Å². The number of methoxy groups -OCH3 is 1. The summed E-state index contributed by atoms with van der Waals surface area (Å²) in [4.78, 5) is 24.3. The van der Waals surface area contributed by atoms with E-state index >= 15 is 0 Å². The van der Waals surface area contributed by atoms with Crippen LogP contribution in [0.15, 0.2) is 103 Å². The predicted molar refractivity (Wildman–Crippen MR) is 187 cm³/mol. The number of amides is 2. The van der Waals surface area contributed by atoms with E-state index in [0.29, 0.717) is 28.8 Å². The van der Waals surface area contributed by atoms with Gasteiger partial charge in [0.05, 0.1) is 30.1 Å². The maximum Gasteiger partial charge on any atom is 0.319 e. The summed E-state index contributed by atoms with van der Waals surface area (Å²) in [6.45, 7) is 1.29. The number of benzene rings is 3. The molecule has 3 aromatic carbocycles. The number of carbonyl (C=O) groups excluding carboxylic acids is 1. The van der Waals surface area contributed by atoms with Crippen molar-refractivity contribution in [3.63, 3.8) is 0 Å². The lowest BCUT2D eigenvalue weighted by Crippen LogP contribution is -2.28. The summed E-state index contributed by atoms with van der Waals surface area (Å²) in [5, 5.41) is 14.0. The number of hydrogen-bond donors (Lipinski definition) is 3. The second-order valence-corrected chi connectivity index (χ2v) is 11.6. The van der Waals surface area contributed by atoms with Gasteiger partial charge in [0.15, 0.2) is 0 Å². The van der Waals surface area contributed by atoms with Crippen molar-refractivity contribution in [2.45, 2.75) is 19.4 Å². The molecule has 0 aliphatic carbocycles. The predicted octanol–water partition coefficient (Wildman–Crippen LogP) is 7.17. The summed E-state index contributed by atoms with van der Waals surface area (Å²) in [7, 11) is 5.78. The minimum Gasteiger partial charge on any atom is -0.495 e. The number of aromatic nitrogens is 4. The number of hydrogen-bond acceptors (Lipinski definition) is 7. The molecule has 0 saturated heterocycles. The number of urea groups is 1. The Morgan fingerprint density at radius 2 is 1.75 bits per heavy atom. The van der Waals surface area contributed by atoms with Crippen LogP contribution in [-0.4, -0.2) is 58.3 Å². The van der Waals surface area contributed by atoms with Crippen LogP contribution in [0.2, 0.25) is 0 Å². The molecule has 244 valence electrons. The molecule has 0 bridgehead atoms. The highest BCUT2D eigenvalue weighted by Crippen LogP contribution is 2.36. The molecular formula is C37H37FN8O2. The number of nitrogens with zero attached hydrogens (tertiary/aromatic N) is 5. The number of pyridine rings is 1. The Kier molecular flexibility index (Phi) is 9.87. The van der Waals surface area contributed by atoms with Crippen molar-refractivity contribution in [3.8, 4) is 28.3 Å². The topological polar surface area (TPSA) is 109 Å². The number of anilines is 3. The molecule has 6 aromatic rings. The maximum absolute atomic E-state index is 13.2. The largest absolute Gasteiger partial charge is 0.495 e. The molecule has 11 heteroatoms. The Morgan fingerprint density at radius 3 is 2.56 bits per heavy atom. The molecule has 0 atom stereocenters. The highest BCUT2D eigenvalue weighted by Gasteiger charge is 2.19. The Balaban J connectivity index is 1.27. The second-order valence-electron chi connectivity index (χ2n) is 11.6. The van der Waals surface area contributed by atoms with Crippen molar-refractivity contribution in [2.24, 2.45) is 0 Å². The van der Waals surface area contributed by atoms with Crippen LogP contribution in [0.3, 0.4) is 0 Å². The van der Waals surface area contributed by atoms with E-state index in [-0.39, 0.29) is 18.4 Å². The fourth-order valence-corrected chi connectivity index (χ4v) is 5.40. The molecule has 0 fully saturated rings. The van der Waals surface area contributed by atoms with Gasteiger partial charge in [0.25, 0.3) is 0 Å². The Hall–Kier alpha value is -5.81. The lowest BCUT2D eigenvalue weighted by atomic mass is 10.0. The van der Waals surface area contributed by atoms with Crippen LogP contribution in [-0.2, 0) is 13.0 Å². The number of ether oxygens (including phenoxy) is 1. The van der Waals surface area contributed by atoms with E-state index in [4.69, 9.17) is 14.8 Å². The van der Waals surface area contributed by atoms with Gasteiger partial charge in [-0.3, -0.25) is 0 Å². The molecular weight excluding hydrogens is 607 g/mol. The van der Waals surface area contributed by atoms with Crippen molar-refractivity contribution in [1.82, 2.24) is 29.8 Å². The third-order valence-corrected chi connectivity index (χ3v) is 7.76. The summed E-state index contributed by atoms with van der Waals surface area (Å²) >= 11 is 0. The van der Waals surface area contributed by atoms with Crippen LogP contribution in [0.4, 0.5) is 26.5 Å². The van der Waals surface area contributed by atoms with E-state index in [2.05, 4.69) is 52.1 Å². The summed E-state index contributed by atoms with van der Waals surface area (Å²) in [5.74, 6) is 0.799. The molecule has 3 N–H and O–H groups in total. The lowest BCUT2D eigenvalue weighted by molar-refractivity contribution is 0.251. The third-order valence-electron chi connectivity index (χ3n) is 7.76. The SMILES string of the molecule is COc1ccc2c(-c3ccnc(Nc4cccc(CCCN(C)C)c4)n3)c(-c3cccc(NC(=O)NCc4ccc(F)cc4)c3)nn2c1. The first-order valence-corrected chi connectivity index (χ1v) is 15.6. The van der Waals surface area contributed by atoms with E-state index in [1.807, 2.05) is 54.7 Å². The van der Waals surface area contributed by atoms with Gasteiger partial charge >= 0.3 is 6.03 Å². The van der Waals surface area contributed by atoms with E-state index < -0.39 is 0 Å². The summed E-state index contributed by atoms with van der Waals surface area (Å²) in [6, 6.07) is 27.1. The summed E-state index contributed by atoms with van der Waals surface area (Å²) in [6.07, 6.45) is 5.59. The molecule has 48 heavy (non-hydrogen) atoms. The normalized spacial score (nSPS) is 11.1. The van der Waals surface area contributed by atoms with Crippen molar-refractivity contribution in [2.75, 3.05) is 38.4 Å². The highest BCUT2D eigenvalue weighted by molar-refractivity contribution is 5.94. The molecule has 10 nitrogen and oxygen atoms in total. The molecule has 3 heterocycles. The highest BCUT2D eigenvalue weighted by atomic mass is 19.1. The number of halogens is 1. The summed E-state index contributed by atoms with van der Waals surface area (Å²) in [5.41, 5.74) is 7.29. The molecule has 0 unspecified atom stereocenters. The molecule has 0 spiro atoms. The van der Waals surface area contributed by atoms with Crippen LogP contribution in [0.5, 0.6) is 5.75 Å². The first kappa shape index (κ1) is 32.1. The lowest BCUT2D eigenvalue weighted by Gasteiger charge is -2.11. The summed E-state index contributed by atoms with van der Waals surface area (Å²) < 4.78 is 20.5. The third kappa shape index (κ3) is 7.94. The van der Waals surface area contributed by atoms with Crippen LogP contribution < -0.4 is 20.7 Å². The van der Waals surface area contributed by atoms with Gasteiger partial charge in [-0.1, -0.05) is 36.4 Å². The van der Waals surface area contributed by atoms with Gasteiger partial charge in [0, 0.05) is 29.7 Å². The number of carbonyl (C=O) groups is 1. The average Bonchev–Trinajstić information content (AvgIpc) is 3.47. The van der Waals surface area contributed by atoms with Gasteiger partial charge in [0.2, 0.25) is 5.95 Å². The zero-order chi connectivity index (χ0) is 33.5. The van der Waals surface area contributed by atoms with Gasteiger partial charge in [-0.05, 0) is 99.2 Å². The van der Waals surface area contributed by atoms with Gasteiger partial charge in [-0.15, -0.1) is 0 Å². The van der Waals surface area contributed by atoms with Crippen molar-refractivity contribution in [1.29, 1.82) is 0 Å². The second kappa shape index (κ2) is 14.7. The van der Waals surface area contributed by atoms with E-state index in [0.717, 1.165) is 47.3 Å². The van der Waals surface area contributed by atoms with E-state index in [9.17, 15) is 9.18 Å². The van der Waals surface area contributed by atoms with Gasteiger partial charge < -0.3 is 25.6 Å². The first-order chi connectivity index (χ1) is 23.3. The molecule has 0 radical (unpaired) electrons. The monoisotopic (exact) mass is 644 g/mol. The molecule has 0 aliphatic rings.